The molecular weight excluding hydrogens is 420 g/mol. The average Bonchev–Trinajstić information content (AvgIpc) is 3.45. The van der Waals surface area contributed by atoms with Gasteiger partial charge in [-0.2, -0.15) is 10.1 Å². The minimum Gasteiger partial charge on any atom is -0.343 e. The third kappa shape index (κ3) is 4.15. The molecule has 0 atom stereocenters. The highest BCUT2D eigenvalue weighted by Gasteiger charge is 2.37. The Labute approximate surface area is 192 Å². The highest BCUT2D eigenvalue weighted by Crippen LogP contribution is 2.31. The maximum atomic E-state index is 12.9. The van der Waals surface area contributed by atoms with Crippen LogP contribution in [-0.4, -0.2) is 68.1 Å². The summed E-state index contributed by atoms with van der Waals surface area (Å²) in [6, 6.07) is 7.96. The predicted molar refractivity (Wildman–Crippen MR) is 121 cm³/mol. The Bertz CT molecular complexity index is 1180. The summed E-state index contributed by atoms with van der Waals surface area (Å²) in [4.78, 5) is 32.6. The Morgan fingerprint density at radius 1 is 1.03 bits per heavy atom. The first-order chi connectivity index (χ1) is 15.9. The number of rotatable bonds is 4. The van der Waals surface area contributed by atoms with Crippen LogP contribution in [0.4, 0.5) is 0 Å². The van der Waals surface area contributed by atoms with Crippen molar-refractivity contribution in [2.75, 3.05) is 26.2 Å². The van der Waals surface area contributed by atoms with Gasteiger partial charge in [0, 0.05) is 44.6 Å². The van der Waals surface area contributed by atoms with Crippen molar-refractivity contribution >= 4 is 11.8 Å². The van der Waals surface area contributed by atoms with Crippen molar-refractivity contribution in [3.8, 4) is 11.3 Å². The van der Waals surface area contributed by atoms with E-state index >= 15 is 0 Å². The van der Waals surface area contributed by atoms with Gasteiger partial charge in [-0.05, 0) is 49.9 Å². The molecule has 0 aliphatic carbocycles. The van der Waals surface area contributed by atoms with Gasteiger partial charge in [-0.1, -0.05) is 17.3 Å². The molecule has 1 N–H and O–H groups in total. The molecular formula is C24H28N6O3. The van der Waals surface area contributed by atoms with Crippen LogP contribution in [0.15, 0.2) is 28.8 Å². The number of carbonyl (C=O) groups excluding carboxylic acids is 2. The highest BCUT2D eigenvalue weighted by molar-refractivity contribution is 5.94. The zero-order valence-corrected chi connectivity index (χ0v) is 19.2. The van der Waals surface area contributed by atoms with Crippen molar-refractivity contribution in [3.63, 3.8) is 0 Å². The lowest BCUT2D eigenvalue weighted by Gasteiger charge is -2.36. The number of hydrogen-bond acceptors (Lipinski definition) is 6. The van der Waals surface area contributed by atoms with E-state index in [0.717, 1.165) is 37.2 Å². The van der Waals surface area contributed by atoms with Crippen molar-refractivity contribution in [1.82, 2.24) is 30.1 Å². The van der Waals surface area contributed by atoms with Gasteiger partial charge in [-0.3, -0.25) is 14.7 Å². The van der Waals surface area contributed by atoms with Gasteiger partial charge in [0.2, 0.25) is 11.8 Å². The topological polar surface area (TPSA) is 108 Å². The third-order valence-corrected chi connectivity index (χ3v) is 6.89. The van der Waals surface area contributed by atoms with E-state index in [-0.39, 0.29) is 23.7 Å². The Morgan fingerprint density at radius 2 is 1.79 bits per heavy atom. The fourth-order valence-corrected chi connectivity index (χ4v) is 4.48. The van der Waals surface area contributed by atoms with Crippen molar-refractivity contribution in [3.05, 3.63) is 52.8 Å². The molecule has 9 heteroatoms. The zero-order valence-electron chi connectivity index (χ0n) is 19.2. The lowest BCUT2D eigenvalue weighted by Crippen LogP contribution is -2.48. The molecule has 4 heterocycles. The average molecular weight is 449 g/mol. The molecule has 9 nitrogen and oxygen atoms in total. The van der Waals surface area contributed by atoms with Crippen LogP contribution in [0, 0.1) is 13.8 Å². The number of hydrogen-bond donors (Lipinski definition) is 1. The first-order valence-electron chi connectivity index (χ1n) is 11.4. The van der Waals surface area contributed by atoms with Crippen LogP contribution in [0.1, 0.15) is 64.9 Å². The highest BCUT2D eigenvalue weighted by atomic mass is 16.5. The van der Waals surface area contributed by atoms with Crippen molar-refractivity contribution in [2.45, 2.75) is 45.4 Å². The normalized spacial score (nSPS) is 17.3. The summed E-state index contributed by atoms with van der Waals surface area (Å²) >= 11 is 0. The molecule has 2 aromatic heterocycles. The molecule has 172 valence electrons. The number of benzene rings is 1. The van der Waals surface area contributed by atoms with E-state index < -0.39 is 0 Å². The molecule has 0 unspecified atom stereocenters. The summed E-state index contributed by atoms with van der Waals surface area (Å²) in [5.41, 5.74) is 4.64. The standard InChI is InChI=1S/C24H28N6O3/c1-14-4-5-18(10-15(14)2)20-11-21(27-26-20)24(32)30-12-19(13-30)23-25-22(28-33-23)17-6-8-29(9-7-17)16(3)31/h4-5,10-11,17,19H,6-9,12-13H2,1-3H3,(H,26,27). The van der Waals surface area contributed by atoms with Crippen LogP contribution in [-0.2, 0) is 4.79 Å². The maximum absolute atomic E-state index is 12.9. The molecule has 0 spiro atoms. The molecule has 0 radical (unpaired) electrons. The quantitative estimate of drug-likeness (QED) is 0.657. The van der Waals surface area contributed by atoms with Crippen LogP contribution < -0.4 is 0 Å². The minimum absolute atomic E-state index is 0.0506. The molecule has 2 aliphatic rings. The van der Waals surface area contributed by atoms with Gasteiger partial charge in [0.1, 0.15) is 5.69 Å². The Hall–Kier alpha value is -3.49. The molecule has 3 aromatic rings. The summed E-state index contributed by atoms with van der Waals surface area (Å²) in [6.45, 7) is 8.28. The number of H-pyrrole nitrogens is 1. The number of aryl methyl sites for hydroxylation is 2. The maximum Gasteiger partial charge on any atom is 0.271 e. The first kappa shape index (κ1) is 21.4. The number of nitrogens with zero attached hydrogens (tertiary/aromatic N) is 5. The predicted octanol–water partition coefficient (Wildman–Crippen LogP) is 3.04. The fraction of sp³-hybridized carbons (Fsp3) is 0.458. The smallest absolute Gasteiger partial charge is 0.271 e. The van der Waals surface area contributed by atoms with Crippen molar-refractivity contribution < 1.29 is 14.1 Å². The number of carbonyl (C=O) groups is 2. The molecule has 33 heavy (non-hydrogen) atoms. The van der Waals surface area contributed by atoms with Gasteiger partial charge in [0.25, 0.3) is 5.91 Å². The SMILES string of the molecule is CC(=O)N1CCC(c2noc(C3CN(C(=O)c4cc(-c5ccc(C)c(C)c5)n[nH]4)C3)n2)CC1. The van der Waals surface area contributed by atoms with Gasteiger partial charge in [-0.25, -0.2) is 0 Å². The summed E-state index contributed by atoms with van der Waals surface area (Å²) in [5.74, 6) is 1.59. The summed E-state index contributed by atoms with van der Waals surface area (Å²) in [5, 5.41) is 11.4. The second-order valence-electron chi connectivity index (χ2n) is 9.14. The van der Waals surface area contributed by atoms with E-state index in [1.54, 1.807) is 17.9 Å². The van der Waals surface area contributed by atoms with Gasteiger partial charge in [0.15, 0.2) is 5.82 Å². The second-order valence-corrected chi connectivity index (χ2v) is 9.14. The van der Waals surface area contributed by atoms with Gasteiger partial charge in [-0.15, -0.1) is 0 Å². The monoisotopic (exact) mass is 448 g/mol. The van der Waals surface area contributed by atoms with Gasteiger partial charge < -0.3 is 14.3 Å². The van der Waals surface area contributed by atoms with Crippen molar-refractivity contribution in [2.24, 2.45) is 0 Å². The molecule has 0 saturated carbocycles. The van der Waals surface area contributed by atoms with Crippen LogP contribution >= 0.6 is 0 Å². The number of likely N-dealkylation sites (tertiary alicyclic amines) is 2. The second kappa shape index (κ2) is 8.46. The first-order valence-corrected chi connectivity index (χ1v) is 11.4. The number of piperidine rings is 1. The Kier molecular flexibility index (Phi) is 5.47. The fourth-order valence-electron chi connectivity index (χ4n) is 4.48. The van der Waals surface area contributed by atoms with E-state index in [4.69, 9.17) is 4.52 Å². The summed E-state index contributed by atoms with van der Waals surface area (Å²) in [6.07, 6.45) is 1.69. The molecule has 0 bridgehead atoms. The Balaban J connectivity index is 1.18. The van der Waals surface area contributed by atoms with E-state index in [1.807, 2.05) is 11.0 Å². The number of aromatic amines is 1. The van der Waals surface area contributed by atoms with Gasteiger partial charge >= 0.3 is 0 Å². The minimum atomic E-state index is -0.0785. The van der Waals surface area contributed by atoms with E-state index in [9.17, 15) is 9.59 Å². The van der Waals surface area contributed by atoms with Gasteiger partial charge in [0.05, 0.1) is 11.6 Å². The molecule has 2 aliphatic heterocycles. The van der Waals surface area contributed by atoms with Crippen LogP contribution in [0.25, 0.3) is 11.3 Å². The Morgan fingerprint density at radius 3 is 2.48 bits per heavy atom. The van der Waals surface area contributed by atoms with Crippen LogP contribution in [0.5, 0.6) is 0 Å². The lowest BCUT2D eigenvalue weighted by molar-refractivity contribution is -0.129. The zero-order chi connectivity index (χ0) is 23.1. The largest absolute Gasteiger partial charge is 0.343 e. The molecule has 2 amide bonds. The van der Waals surface area contributed by atoms with Crippen LogP contribution in [0.2, 0.25) is 0 Å². The van der Waals surface area contributed by atoms with Crippen molar-refractivity contribution in [1.29, 1.82) is 0 Å². The molecule has 1 aromatic carbocycles. The van der Waals surface area contributed by atoms with Crippen LogP contribution in [0.3, 0.4) is 0 Å². The molecule has 2 saturated heterocycles. The molecule has 2 fully saturated rings. The number of amides is 2. The molecule has 5 rings (SSSR count). The van der Waals surface area contributed by atoms with E-state index in [2.05, 4.69) is 46.3 Å². The summed E-state index contributed by atoms with van der Waals surface area (Å²) in [7, 11) is 0. The number of aromatic nitrogens is 4. The van der Waals surface area contributed by atoms with E-state index in [0.29, 0.717) is 30.5 Å². The summed E-state index contributed by atoms with van der Waals surface area (Å²) < 4.78 is 5.51. The third-order valence-electron chi connectivity index (χ3n) is 6.89. The lowest BCUT2D eigenvalue weighted by atomic mass is 9.95. The van der Waals surface area contributed by atoms with E-state index in [1.165, 1.54) is 11.1 Å². The number of nitrogens with one attached hydrogen (secondary N) is 1.